The van der Waals surface area contributed by atoms with E-state index in [1.54, 1.807) is 17.4 Å². The van der Waals surface area contributed by atoms with Crippen LogP contribution in [0.3, 0.4) is 0 Å². The summed E-state index contributed by atoms with van der Waals surface area (Å²) in [4.78, 5) is 2.10. The van der Waals surface area contributed by atoms with Crippen molar-refractivity contribution in [1.29, 1.82) is 0 Å². The minimum Gasteiger partial charge on any atom is -0.494 e. The number of nitrogens with two attached hydrogens (primary N) is 1. The first-order valence-corrected chi connectivity index (χ1v) is 5.69. The molecule has 4 heteroatoms. The van der Waals surface area contributed by atoms with Gasteiger partial charge in [0, 0.05) is 16.3 Å². The number of hydrogen-bond donors (Lipinski definition) is 1. The van der Waals surface area contributed by atoms with E-state index in [0.717, 1.165) is 15.3 Å². The van der Waals surface area contributed by atoms with Gasteiger partial charge in [0.05, 0.1) is 7.11 Å². The van der Waals surface area contributed by atoms with Crippen molar-refractivity contribution >= 4 is 11.3 Å². The molecular weight excluding hydrogens is 225 g/mol. The van der Waals surface area contributed by atoms with Gasteiger partial charge in [-0.1, -0.05) is 0 Å². The molecule has 0 unspecified atom stereocenters. The summed E-state index contributed by atoms with van der Waals surface area (Å²) in [7, 11) is 1.45. The monoisotopic (exact) mass is 237 g/mol. The highest BCUT2D eigenvalue weighted by Crippen LogP contribution is 2.30. The molecule has 2 N–H and O–H groups in total. The lowest BCUT2D eigenvalue weighted by Gasteiger charge is -2.03. The summed E-state index contributed by atoms with van der Waals surface area (Å²) in [5, 5.41) is 0. The van der Waals surface area contributed by atoms with Crippen LogP contribution in [0.15, 0.2) is 30.3 Å². The van der Waals surface area contributed by atoms with Gasteiger partial charge in [0.15, 0.2) is 11.6 Å². The van der Waals surface area contributed by atoms with E-state index in [4.69, 9.17) is 10.5 Å². The first kappa shape index (κ1) is 11.1. The van der Waals surface area contributed by atoms with Crippen LogP contribution >= 0.6 is 11.3 Å². The lowest BCUT2D eigenvalue weighted by molar-refractivity contribution is 0.386. The van der Waals surface area contributed by atoms with E-state index in [1.165, 1.54) is 13.2 Å². The van der Waals surface area contributed by atoms with Crippen LogP contribution in [0.4, 0.5) is 4.39 Å². The van der Waals surface area contributed by atoms with Crippen LogP contribution in [-0.4, -0.2) is 7.11 Å². The quantitative estimate of drug-likeness (QED) is 0.890. The predicted molar refractivity (Wildman–Crippen MR) is 64.2 cm³/mol. The first-order valence-electron chi connectivity index (χ1n) is 4.87. The zero-order valence-corrected chi connectivity index (χ0v) is 9.68. The Hall–Kier alpha value is -1.39. The molecule has 0 aliphatic heterocycles. The van der Waals surface area contributed by atoms with Gasteiger partial charge in [-0.25, -0.2) is 4.39 Å². The van der Waals surface area contributed by atoms with Gasteiger partial charge in [0.2, 0.25) is 0 Å². The molecule has 1 aromatic heterocycles. The Kier molecular flexibility index (Phi) is 3.22. The van der Waals surface area contributed by atoms with Crippen molar-refractivity contribution < 1.29 is 9.13 Å². The van der Waals surface area contributed by atoms with E-state index in [2.05, 4.69) is 0 Å². The molecule has 0 saturated carbocycles. The van der Waals surface area contributed by atoms with Crippen LogP contribution < -0.4 is 10.5 Å². The summed E-state index contributed by atoms with van der Waals surface area (Å²) in [5.74, 6) is -0.0814. The van der Waals surface area contributed by atoms with Crippen molar-refractivity contribution in [1.82, 2.24) is 0 Å². The second kappa shape index (κ2) is 4.63. The van der Waals surface area contributed by atoms with Crippen LogP contribution in [-0.2, 0) is 6.54 Å². The number of ether oxygens (including phenoxy) is 1. The van der Waals surface area contributed by atoms with E-state index in [0.29, 0.717) is 6.54 Å². The lowest BCUT2D eigenvalue weighted by Crippen LogP contribution is -1.91. The van der Waals surface area contributed by atoms with Gasteiger partial charge in [-0.05, 0) is 35.9 Å². The molecule has 1 aromatic carbocycles. The molecule has 1 heterocycles. The first-order chi connectivity index (χ1) is 7.74. The Bertz CT molecular complexity index is 496. The summed E-state index contributed by atoms with van der Waals surface area (Å²) in [5.41, 5.74) is 6.38. The summed E-state index contributed by atoms with van der Waals surface area (Å²) >= 11 is 1.58. The number of rotatable bonds is 3. The second-order valence-corrected chi connectivity index (χ2v) is 4.49. The molecule has 16 heavy (non-hydrogen) atoms. The second-order valence-electron chi connectivity index (χ2n) is 3.32. The standard InChI is InChI=1S/C12H12FNOS/c1-15-11-4-2-8(6-10(11)13)12-5-3-9(7-14)16-12/h2-6H,7,14H2,1H3. The summed E-state index contributed by atoms with van der Waals surface area (Å²) in [6, 6.07) is 8.86. The number of methoxy groups -OCH3 is 1. The Morgan fingerprint density at radius 3 is 2.69 bits per heavy atom. The number of benzene rings is 1. The fourth-order valence-corrected chi connectivity index (χ4v) is 2.35. The molecular formula is C12H12FNOS. The third-order valence-corrected chi connectivity index (χ3v) is 3.46. The third-order valence-electron chi connectivity index (χ3n) is 2.30. The minimum absolute atomic E-state index is 0.263. The Morgan fingerprint density at radius 2 is 2.12 bits per heavy atom. The smallest absolute Gasteiger partial charge is 0.165 e. The van der Waals surface area contributed by atoms with Gasteiger partial charge >= 0.3 is 0 Å². The third kappa shape index (κ3) is 2.08. The molecule has 0 aliphatic rings. The normalized spacial score (nSPS) is 10.4. The molecule has 0 fully saturated rings. The zero-order chi connectivity index (χ0) is 11.5. The highest BCUT2D eigenvalue weighted by Gasteiger charge is 2.06. The average Bonchev–Trinajstić information content (AvgIpc) is 2.77. The zero-order valence-electron chi connectivity index (χ0n) is 8.87. The maximum Gasteiger partial charge on any atom is 0.165 e. The molecule has 0 amide bonds. The van der Waals surface area contributed by atoms with Crippen LogP contribution in [0.25, 0.3) is 10.4 Å². The summed E-state index contributed by atoms with van der Waals surface area (Å²) in [6.45, 7) is 0.517. The molecule has 2 aromatic rings. The van der Waals surface area contributed by atoms with E-state index >= 15 is 0 Å². The van der Waals surface area contributed by atoms with Gasteiger partial charge in [-0.3, -0.25) is 0 Å². The Balaban J connectivity index is 2.37. The van der Waals surface area contributed by atoms with E-state index in [9.17, 15) is 4.39 Å². The molecule has 0 bridgehead atoms. The Morgan fingerprint density at radius 1 is 1.31 bits per heavy atom. The molecule has 0 saturated heterocycles. The number of halogens is 1. The lowest BCUT2D eigenvalue weighted by atomic mass is 10.2. The van der Waals surface area contributed by atoms with Crippen molar-refractivity contribution in [3.05, 3.63) is 41.0 Å². The molecule has 0 radical (unpaired) electrons. The number of thiophene rings is 1. The van der Waals surface area contributed by atoms with Crippen LogP contribution in [0.2, 0.25) is 0 Å². The van der Waals surface area contributed by atoms with Gasteiger partial charge < -0.3 is 10.5 Å². The van der Waals surface area contributed by atoms with E-state index < -0.39 is 0 Å². The fraction of sp³-hybridized carbons (Fsp3) is 0.167. The van der Waals surface area contributed by atoms with Crippen molar-refractivity contribution in [3.63, 3.8) is 0 Å². The highest BCUT2D eigenvalue weighted by atomic mass is 32.1. The van der Waals surface area contributed by atoms with Gasteiger partial charge in [0.1, 0.15) is 0 Å². The number of hydrogen-bond acceptors (Lipinski definition) is 3. The molecule has 84 valence electrons. The maximum atomic E-state index is 13.5. The molecule has 0 atom stereocenters. The SMILES string of the molecule is COc1ccc(-c2ccc(CN)s2)cc1F. The largest absolute Gasteiger partial charge is 0.494 e. The van der Waals surface area contributed by atoms with Crippen LogP contribution in [0.1, 0.15) is 4.88 Å². The van der Waals surface area contributed by atoms with Gasteiger partial charge in [0.25, 0.3) is 0 Å². The maximum absolute atomic E-state index is 13.5. The van der Waals surface area contributed by atoms with Crippen LogP contribution in [0.5, 0.6) is 5.75 Å². The van der Waals surface area contributed by atoms with Gasteiger partial charge in [-0.15, -0.1) is 11.3 Å². The fourth-order valence-electron chi connectivity index (χ4n) is 1.46. The molecule has 2 nitrogen and oxygen atoms in total. The summed E-state index contributed by atoms with van der Waals surface area (Å²) < 4.78 is 18.4. The highest BCUT2D eigenvalue weighted by molar-refractivity contribution is 7.15. The molecule has 0 aliphatic carbocycles. The molecule has 2 rings (SSSR count). The predicted octanol–water partition coefficient (Wildman–Crippen LogP) is 3.02. The average molecular weight is 237 g/mol. The van der Waals surface area contributed by atoms with Crippen molar-refractivity contribution in [2.24, 2.45) is 5.73 Å². The Labute approximate surface area is 97.5 Å². The summed E-state index contributed by atoms with van der Waals surface area (Å²) in [6.07, 6.45) is 0. The van der Waals surface area contributed by atoms with Crippen molar-refractivity contribution in [2.75, 3.05) is 7.11 Å². The van der Waals surface area contributed by atoms with Crippen molar-refractivity contribution in [3.8, 4) is 16.2 Å². The minimum atomic E-state index is -0.345. The van der Waals surface area contributed by atoms with E-state index in [-0.39, 0.29) is 11.6 Å². The van der Waals surface area contributed by atoms with Crippen molar-refractivity contribution in [2.45, 2.75) is 6.54 Å². The van der Waals surface area contributed by atoms with Crippen LogP contribution in [0, 0.1) is 5.82 Å². The molecule has 0 spiro atoms. The topological polar surface area (TPSA) is 35.2 Å². The van der Waals surface area contributed by atoms with E-state index in [1.807, 2.05) is 18.2 Å². The van der Waals surface area contributed by atoms with Gasteiger partial charge in [-0.2, -0.15) is 0 Å².